The van der Waals surface area contributed by atoms with E-state index in [4.69, 9.17) is 17.3 Å². The van der Waals surface area contributed by atoms with Crippen molar-refractivity contribution >= 4 is 29.0 Å². The van der Waals surface area contributed by atoms with Gasteiger partial charge in [0.05, 0.1) is 5.69 Å². The van der Waals surface area contributed by atoms with Crippen LogP contribution in [0.3, 0.4) is 0 Å². The largest absolute Gasteiger partial charge is 0.325 e. The maximum Gasteiger partial charge on any atom is 0.107 e. The van der Waals surface area contributed by atoms with Crippen LogP contribution < -0.4 is 5.73 Å². The lowest BCUT2D eigenvalue weighted by atomic mass is 10.5. The number of nitrogens with two attached hydrogens (primary N) is 1. The molecule has 0 spiro atoms. The van der Waals surface area contributed by atoms with Crippen LogP contribution in [0.25, 0.3) is 6.08 Å². The molecule has 0 fully saturated rings. The smallest absolute Gasteiger partial charge is 0.107 e. The minimum absolute atomic E-state index is 0.501. The molecule has 0 radical (unpaired) electrons. The molecule has 2 nitrogen and oxygen atoms in total. The first-order chi connectivity index (χ1) is 4.86. The van der Waals surface area contributed by atoms with E-state index in [1.165, 1.54) is 5.54 Å². The Kier molecular flexibility index (Phi) is 2.86. The second kappa shape index (κ2) is 3.71. The molecule has 0 amide bonds. The molecule has 0 saturated heterocycles. The van der Waals surface area contributed by atoms with E-state index in [0.29, 0.717) is 6.54 Å². The van der Waals surface area contributed by atoms with Crippen LogP contribution in [-0.4, -0.2) is 4.98 Å². The van der Waals surface area contributed by atoms with Crippen molar-refractivity contribution in [1.82, 2.24) is 4.98 Å². The van der Waals surface area contributed by atoms with E-state index in [-0.39, 0.29) is 0 Å². The number of nitrogens with zero attached hydrogens (tertiary/aromatic N) is 1. The fraction of sp³-hybridized carbons (Fsp3) is 0.167. The molecule has 0 aliphatic heterocycles. The van der Waals surface area contributed by atoms with Crippen LogP contribution in [0.2, 0.25) is 0 Å². The van der Waals surface area contributed by atoms with Gasteiger partial charge in [-0.1, -0.05) is 11.6 Å². The topological polar surface area (TPSA) is 38.9 Å². The third-order valence-electron chi connectivity index (χ3n) is 0.978. The number of hydrogen-bond donors (Lipinski definition) is 1. The Morgan fingerprint density at radius 3 is 3.10 bits per heavy atom. The molecule has 1 heterocycles. The SMILES string of the molecule is NCc1nc(C=CCl)cs1. The lowest BCUT2D eigenvalue weighted by Gasteiger charge is -1.81. The molecule has 0 unspecified atom stereocenters. The lowest BCUT2D eigenvalue weighted by Crippen LogP contribution is -1.94. The second-order valence-electron chi connectivity index (χ2n) is 1.66. The predicted octanol–water partition coefficient (Wildman–Crippen LogP) is 1.81. The predicted molar refractivity (Wildman–Crippen MR) is 44.9 cm³/mol. The summed E-state index contributed by atoms with van der Waals surface area (Å²) in [4.78, 5) is 4.14. The zero-order valence-corrected chi connectivity index (χ0v) is 6.82. The zero-order valence-electron chi connectivity index (χ0n) is 5.25. The van der Waals surface area contributed by atoms with Crippen LogP contribution in [0.5, 0.6) is 0 Å². The van der Waals surface area contributed by atoms with Gasteiger partial charge >= 0.3 is 0 Å². The molecular weight excluding hydrogens is 168 g/mol. The van der Waals surface area contributed by atoms with Crippen LogP contribution in [0.4, 0.5) is 0 Å². The first-order valence-electron chi connectivity index (χ1n) is 2.78. The van der Waals surface area contributed by atoms with Gasteiger partial charge in [-0.25, -0.2) is 4.98 Å². The van der Waals surface area contributed by atoms with Crippen molar-refractivity contribution in [3.05, 3.63) is 21.6 Å². The number of rotatable bonds is 2. The Morgan fingerprint density at radius 1 is 1.80 bits per heavy atom. The highest BCUT2D eigenvalue weighted by Crippen LogP contribution is 2.10. The van der Waals surface area contributed by atoms with Crippen LogP contribution in [0.1, 0.15) is 10.7 Å². The average molecular weight is 175 g/mol. The van der Waals surface area contributed by atoms with E-state index in [9.17, 15) is 0 Å². The maximum absolute atomic E-state index is 5.35. The fourth-order valence-electron chi connectivity index (χ4n) is 0.560. The van der Waals surface area contributed by atoms with Crippen molar-refractivity contribution in [2.75, 3.05) is 0 Å². The van der Waals surface area contributed by atoms with Gasteiger partial charge in [-0.15, -0.1) is 11.3 Å². The summed E-state index contributed by atoms with van der Waals surface area (Å²) in [5.41, 5.74) is 7.67. The molecule has 0 aliphatic carbocycles. The van der Waals surface area contributed by atoms with Gasteiger partial charge < -0.3 is 5.73 Å². The van der Waals surface area contributed by atoms with Crippen LogP contribution in [0.15, 0.2) is 10.9 Å². The Balaban J connectivity index is 2.78. The first-order valence-corrected chi connectivity index (χ1v) is 4.09. The molecule has 0 bridgehead atoms. The molecule has 54 valence electrons. The van der Waals surface area contributed by atoms with Crippen LogP contribution >= 0.6 is 22.9 Å². The van der Waals surface area contributed by atoms with Crippen molar-refractivity contribution < 1.29 is 0 Å². The van der Waals surface area contributed by atoms with Gasteiger partial charge in [0.25, 0.3) is 0 Å². The normalized spacial score (nSPS) is 11.0. The summed E-state index contributed by atoms with van der Waals surface area (Å²) in [5.74, 6) is 0. The number of halogens is 1. The fourth-order valence-corrected chi connectivity index (χ4v) is 1.33. The summed E-state index contributed by atoms with van der Waals surface area (Å²) < 4.78 is 0. The van der Waals surface area contributed by atoms with Crippen LogP contribution in [-0.2, 0) is 6.54 Å². The molecule has 1 aromatic rings. The van der Waals surface area contributed by atoms with E-state index in [1.807, 2.05) is 5.38 Å². The van der Waals surface area contributed by atoms with Gasteiger partial charge in [-0.2, -0.15) is 0 Å². The van der Waals surface area contributed by atoms with E-state index in [2.05, 4.69) is 4.98 Å². The van der Waals surface area contributed by atoms with Crippen LogP contribution in [0, 0.1) is 0 Å². The van der Waals surface area contributed by atoms with Crippen molar-refractivity contribution in [3.63, 3.8) is 0 Å². The Bertz CT molecular complexity index is 231. The number of aromatic nitrogens is 1. The second-order valence-corrected chi connectivity index (χ2v) is 2.86. The molecule has 0 aliphatic rings. The molecule has 10 heavy (non-hydrogen) atoms. The third-order valence-corrected chi connectivity index (χ3v) is 1.99. The highest BCUT2D eigenvalue weighted by Gasteiger charge is 1.94. The Hall–Kier alpha value is -0.380. The Morgan fingerprint density at radius 2 is 2.60 bits per heavy atom. The number of hydrogen-bond acceptors (Lipinski definition) is 3. The van der Waals surface area contributed by atoms with Crippen molar-refractivity contribution in [2.45, 2.75) is 6.54 Å². The highest BCUT2D eigenvalue weighted by molar-refractivity contribution is 7.09. The molecule has 0 aromatic carbocycles. The third kappa shape index (κ3) is 1.80. The van der Waals surface area contributed by atoms with Gasteiger partial charge in [0, 0.05) is 17.5 Å². The molecule has 0 atom stereocenters. The standard InChI is InChI=1S/C6H7ClN2S/c7-2-1-5-4-10-6(3-8)9-5/h1-2,4H,3,8H2. The molecule has 4 heteroatoms. The first kappa shape index (κ1) is 7.72. The van der Waals surface area contributed by atoms with Gasteiger partial charge in [0.2, 0.25) is 0 Å². The minimum Gasteiger partial charge on any atom is -0.325 e. The van der Waals surface area contributed by atoms with Gasteiger partial charge in [-0.3, -0.25) is 0 Å². The van der Waals surface area contributed by atoms with E-state index >= 15 is 0 Å². The quantitative estimate of drug-likeness (QED) is 0.743. The summed E-state index contributed by atoms with van der Waals surface area (Å²) >= 11 is 6.88. The van der Waals surface area contributed by atoms with E-state index in [0.717, 1.165) is 10.7 Å². The van der Waals surface area contributed by atoms with E-state index < -0.39 is 0 Å². The minimum atomic E-state index is 0.501. The lowest BCUT2D eigenvalue weighted by molar-refractivity contribution is 1.03. The average Bonchev–Trinajstić information content (AvgIpc) is 2.37. The summed E-state index contributed by atoms with van der Waals surface area (Å²) in [5, 5.41) is 2.85. The van der Waals surface area contributed by atoms with Crippen molar-refractivity contribution in [3.8, 4) is 0 Å². The van der Waals surface area contributed by atoms with Crippen molar-refractivity contribution in [2.24, 2.45) is 5.73 Å². The van der Waals surface area contributed by atoms with Gasteiger partial charge in [0.1, 0.15) is 5.01 Å². The molecule has 1 rings (SSSR count). The van der Waals surface area contributed by atoms with E-state index in [1.54, 1.807) is 17.4 Å². The summed E-state index contributed by atoms with van der Waals surface area (Å²) in [7, 11) is 0. The zero-order chi connectivity index (χ0) is 7.40. The Labute approximate surface area is 68.3 Å². The summed E-state index contributed by atoms with van der Waals surface area (Å²) in [6.07, 6.45) is 1.73. The monoisotopic (exact) mass is 174 g/mol. The molecule has 2 N–H and O–H groups in total. The summed E-state index contributed by atoms with van der Waals surface area (Å²) in [6.45, 7) is 0.501. The molecule has 0 saturated carbocycles. The summed E-state index contributed by atoms with van der Waals surface area (Å²) in [6, 6.07) is 0. The van der Waals surface area contributed by atoms with Gasteiger partial charge in [0.15, 0.2) is 0 Å². The number of thiazole rings is 1. The van der Waals surface area contributed by atoms with Gasteiger partial charge in [-0.05, 0) is 6.08 Å². The highest BCUT2D eigenvalue weighted by atomic mass is 35.5. The maximum atomic E-state index is 5.35. The molecule has 1 aromatic heterocycles. The molecular formula is C6H7ClN2S. The van der Waals surface area contributed by atoms with Crippen molar-refractivity contribution in [1.29, 1.82) is 0 Å².